The van der Waals surface area contributed by atoms with Gasteiger partial charge in [0.1, 0.15) is 17.2 Å². The molecule has 0 spiro atoms. The highest BCUT2D eigenvalue weighted by molar-refractivity contribution is 6.37. The Labute approximate surface area is 126 Å². The molecule has 0 saturated heterocycles. The third kappa shape index (κ3) is 2.66. The molecule has 108 valence electrons. The molecule has 0 aliphatic carbocycles. The van der Waals surface area contributed by atoms with Gasteiger partial charge in [0.05, 0.1) is 21.8 Å². The number of nitrogens with two attached hydrogens (primary N) is 1. The number of rotatable bonds is 4. The molecule has 2 N–H and O–H groups in total. The van der Waals surface area contributed by atoms with Gasteiger partial charge in [-0.3, -0.25) is 0 Å². The highest BCUT2D eigenvalue weighted by Crippen LogP contribution is 2.31. The van der Waals surface area contributed by atoms with Crippen LogP contribution in [0.4, 0.5) is 4.39 Å². The van der Waals surface area contributed by atoms with Crippen molar-refractivity contribution in [3.05, 3.63) is 39.4 Å². The van der Waals surface area contributed by atoms with Crippen molar-refractivity contribution in [1.29, 1.82) is 0 Å². The van der Waals surface area contributed by atoms with E-state index in [1.165, 1.54) is 16.8 Å². The van der Waals surface area contributed by atoms with Gasteiger partial charge in [0.15, 0.2) is 0 Å². The molecule has 0 aliphatic heterocycles. The van der Waals surface area contributed by atoms with Crippen LogP contribution < -0.4 is 5.73 Å². The monoisotopic (exact) mass is 316 g/mol. The van der Waals surface area contributed by atoms with Crippen LogP contribution in [0.2, 0.25) is 10.0 Å². The molecule has 2 rings (SSSR count). The standard InChI is InChI=1S/C13H15Cl2FN4/c1-3-10(17)12-11(4-2)20(19-18-12)13-8(14)5-7(16)6-9(13)15/h5-6,10H,3-4,17H2,1-2H3. The predicted molar refractivity (Wildman–Crippen MR) is 77.9 cm³/mol. The van der Waals surface area contributed by atoms with Crippen LogP contribution in [0.5, 0.6) is 0 Å². The molecule has 2 aromatic rings. The minimum Gasteiger partial charge on any atom is -0.323 e. The van der Waals surface area contributed by atoms with Gasteiger partial charge in [0.25, 0.3) is 0 Å². The maximum atomic E-state index is 13.3. The van der Waals surface area contributed by atoms with Crippen molar-refractivity contribution >= 4 is 23.2 Å². The molecule has 1 aromatic carbocycles. The van der Waals surface area contributed by atoms with Crippen LogP contribution in [-0.4, -0.2) is 15.0 Å². The van der Waals surface area contributed by atoms with Crippen LogP contribution in [0.1, 0.15) is 37.7 Å². The molecule has 0 fully saturated rings. The lowest BCUT2D eigenvalue weighted by molar-refractivity contribution is 0.626. The Morgan fingerprint density at radius 3 is 2.40 bits per heavy atom. The van der Waals surface area contributed by atoms with E-state index in [9.17, 15) is 4.39 Å². The van der Waals surface area contributed by atoms with Gasteiger partial charge in [0.2, 0.25) is 0 Å². The van der Waals surface area contributed by atoms with Crippen molar-refractivity contribution in [2.75, 3.05) is 0 Å². The largest absolute Gasteiger partial charge is 0.323 e. The highest BCUT2D eigenvalue weighted by Gasteiger charge is 2.20. The topological polar surface area (TPSA) is 56.7 Å². The average Bonchev–Trinajstić information content (AvgIpc) is 2.80. The number of hydrogen-bond donors (Lipinski definition) is 1. The highest BCUT2D eigenvalue weighted by atomic mass is 35.5. The number of hydrogen-bond acceptors (Lipinski definition) is 3. The van der Waals surface area contributed by atoms with Gasteiger partial charge in [-0.25, -0.2) is 9.07 Å². The maximum absolute atomic E-state index is 13.3. The SMILES string of the molecule is CCc1c(C(N)CC)nnn1-c1c(Cl)cc(F)cc1Cl. The molecule has 0 radical (unpaired) electrons. The lowest BCUT2D eigenvalue weighted by Crippen LogP contribution is -2.12. The second-order valence-electron chi connectivity index (χ2n) is 4.42. The van der Waals surface area contributed by atoms with Crippen LogP contribution in [0.3, 0.4) is 0 Å². The molecule has 20 heavy (non-hydrogen) atoms. The van der Waals surface area contributed by atoms with Gasteiger partial charge in [0, 0.05) is 0 Å². The Hall–Kier alpha value is -1.17. The number of benzene rings is 1. The summed E-state index contributed by atoms with van der Waals surface area (Å²) in [4.78, 5) is 0. The van der Waals surface area contributed by atoms with E-state index in [4.69, 9.17) is 28.9 Å². The zero-order valence-corrected chi connectivity index (χ0v) is 12.7. The summed E-state index contributed by atoms with van der Waals surface area (Å²) in [7, 11) is 0. The van der Waals surface area contributed by atoms with E-state index in [1.54, 1.807) is 0 Å². The van der Waals surface area contributed by atoms with Crippen LogP contribution in [-0.2, 0) is 6.42 Å². The van der Waals surface area contributed by atoms with E-state index in [0.717, 1.165) is 12.1 Å². The van der Waals surface area contributed by atoms with Crippen molar-refractivity contribution in [2.45, 2.75) is 32.7 Å². The third-order valence-corrected chi connectivity index (χ3v) is 3.69. The number of nitrogens with zero attached hydrogens (tertiary/aromatic N) is 3. The normalized spacial score (nSPS) is 12.7. The predicted octanol–water partition coefficient (Wildman–Crippen LogP) is 3.69. The van der Waals surface area contributed by atoms with Crippen LogP contribution >= 0.6 is 23.2 Å². The lowest BCUT2D eigenvalue weighted by atomic mass is 10.1. The number of halogens is 3. The van der Waals surface area contributed by atoms with E-state index < -0.39 is 5.82 Å². The summed E-state index contributed by atoms with van der Waals surface area (Å²) in [6.07, 6.45) is 1.41. The molecule has 0 amide bonds. The summed E-state index contributed by atoms with van der Waals surface area (Å²) in [5.74, 6) is -0.493. The van der Waals surface area contributed by atoms with Crippen molar-refractivity contribution in [1.82, 2.24) is 15.0 Å². The molecule has 1 unspecified atom stereocenters. The Balaban J connectivity index is 2.62. The first-order chi connectivity index (χ1) is 9.49. The van der Waals surface area contributed by atoms with Crippen molar-refractivity contribution in [2.24, 2.45) is 5.73 Å². The molecule has 0 saturated carbocycles. The first-order valence-corrected chi connectivity index (χ1v) is 7.10. The van der Waals surface area contributed by atoms with E-state index in [0.29, 0.717) is 17.8 Å². The minimum absolute atomic E-state index is 0.186. The molecular formula is C13H15Cl2FN4. The van der Waals surface area contributed by atoms with Crippen LogP contribution in [0, 0.1) is 5.82 Å². The second kappa shape index (κ2) is 6.08. The maximum Gasteiger partial charge on any atom is 0.126 e. The van der Waals surface area contributed by atoms with E-state index >= 15 is 0 Å². The zero-order chi connectivity index (χ0) is 14.9. The van der Waals surface area contributed by atoms with E-state index in [1.807, 2.05) is 13.8 Å². The van der Waals surface area contributed by atoms with Crippen LogP contribution in [0.25, 0.3) is 5.69 Å². The quantitative estimate of drug-likeness (QED) is 0.936. The smallest absolute Gasteiger partial charge is 0.126 e. The fourth-order valence-corrected chi connectivity index (χ4v) is 2.66. The van der Waals surface area contributed by atoms with Gasteiger partial charge in [-0.05, 0) is 25.0 Å². The minimum atomic E-state index is -0.493. The van der Waals surface area contributed by atoms with Gasteiger partial charge in [-0.1, -0.05) is 42.3 Å². The molecule has 1 atom stereocenters. The first-order valence-electron chi connectivity index (χ1n) is 6.34. The summed E-state index contributed by atoms with van der Waals surface area (Å²) >= 11 is 12.2. The summed E-state index contributed by atoms with van der Waals surface area (Å²) in [5, 5.41) is 8.56. The van der Waals surface area contributed by atoms with E-state index in [2.05, 4.69) is 10.3 Å². The van der Waals surface area contributed by atoms with Crippen molar-refractivity contribution in [3.63, 3.8) is 0 Å². The summed E-state index contributed by atoms with van der Waals surface area (Å²) < 4.78 is 14.8. The second-order valence-corrected chi connectivity index (χ2v) is 5.23. The third-order valence-electron chi connectivity index (χ3n) is 3.11. The molecular weight excluding hydrogens is 302 g/mol. The summed E-state index contributed by atoms with van der Waals surface area (Å²) in [6.45, 7) is 3.94. The Kier molecular flexibility index (Phi) is 4.62. The zero-order valence-electron chi connectivity index (χ0n) is 11.2. The van der Waals surface area contributed by atoms with E-state index in [-0.39, 0.29) is 16.1 Å². The van der Waals surface area contributed by atoms with Gasteiger partial charge >= 0.3 is 0 Å². The van der Waals surface area contributed by atoms with Crippen LogP contribution in [0.15, 0.2) is 12.1 Å². The lowest BCUT2D eigenvalue weighted by Gasteiger charge is -2.12. The average molecular weight is 317 g/mol. The fourth-order valence-electron chi connectivity index (χ4n) is 2.04. The Bertz CT molecular complexity index is 604. The number of aromatic nitrogens is 3. The van der Waals surface area contributed by atoms with Gasteiger partial charge in [-0.15, -0.1) is 5.10 Å². The Morgan fingerprint density at radius 2 is 1.90 bits per heavy atom. The summed E-state index contributed by atoms with van der Waals surface area (Å²) in [5.41, 5.74) is 7.99. The van der Waals surface area contributed by atoms with Crippen molar-refractivity contribution in [3.8, 4) is 5.69 Å². The van der Waals surface area contributed by atoms with Crippen molar-refractivity contribution < 1.29 is 4.39 Å². The molecule has 1 aromatic heterocycles. The Morgan fingerprint density at radius 1 is 1.30 bits per heavy atom. The first kappa shape index (κ1) is 15.2. The molecule has 4 nitrogen and oxygen atoms in total. The summed E-state index contributed by atoms with van der Waals surface area (Å²) in [6, 6.07) is 2.20. The van der Waals surface area contributed by atoms with Gasteiger partial charge in [-0.2, -0.15) is 0 Å². The van der Waals surface area contributed by atoms with Gasteiger partial charge < -0.3 is 5.73 Å². The molecule has 0 bridgehead atoms. The molecule has 7 heteroatoms. The fraction of sp³-hybridized carbons (Fsp3) is 0.385. The molecule has 1 heterocycles. The molecule has 0 aliphatic rings.